The number of rotatable bonds is 2. The van der Waals surface area contributed by atoms with Crippen LogP contribution in [0.1, 0.15) is 23.6 Å². The van der Waals surface area contributed by atoms with Crippen molar-refractivity contribution in [1.29, 1.82) is 0 Å². The number of para-hydroxylation sites is 1. The molecule has 0 aliphatic carbocycles. The number of halogens is 3. The van der Waals surface area contributed by atoms with Crippen LogP contribution in [0.3, 0.4) is 0 Å². The average Bonchev–Trinajstić information content (AvgIpc) is 3.03. The van der Waals surface area contributed by atoms with Crippen LogP contribution in [0.25, 0.3) is 10.9 Å². The minimum atomic E-state index is -4.43. The Morgan fingerprint density at radius 2 is 2.04 bits per heavy atom. The molecule has 3 aromatic rings. The number of alkyl halides is 3. The molecule has 2 aromatic heterocycles. The Bertz CT molecular complexity index is 916. The van der Waals surface area contributed by atoms with E-state index in [2.05, 4.69) is 20.2 Å². The van der Waals surface area contributed by atoms with E-state index in [1.54, 1.807) is 6.07 Å². The van der Waals surface area contributed by atoms with Gasteiger partial charge in [-0.25, -0.2) is 4.98 Å². The van der Waals surface area contributed by atoms with Crippen molar-refractivity contribution in [1.82, 2.24) is 9.97 Å². The highest BCUT2D eigenvalue weighted by atomic mass is 19.4. The molecule has 1 atom stereocenters. The summed E-state index contributed by atoms with van der Waals surface area (Å²) < 4.78 is 40.0. The summed E-state index contributed by atoms with van der Waals surface area (Å²) in [6, 6.07) is 9.40. The van der Waals surface area contributed by atoms with E-state index < -0.39 is 11.7 Å². The zero-order chi connectivity index (χ0) is 17.6. The van der Waals surface area contributed by atoms with Crippen LogP contribution in [-0.4, -0.2) is 23.6 Å². The number of pyridine rings is 1. The van der Waals surface area contributed by atoms with Crippen molar-refractivity contribution >= 4 is 22.4 Å². The summed E-state index contributed by atoms with van der Waals surface area (Å²) in [6.45, 7) is 0.823. The van der Waals surface area contributed by atoms with Gasteiger partial charge >= 0.3 is 6.18 Å². The van der Waals surface area contributed by atoms with E-state index in [1.807, 2.05) is 31.3 Å². The number of H-pyrrole nitrogens is 1. The molecule has 3 heterocycles. The molecular formula is C18H17F3N4. The van der Waals surface area contributed by atoms with E-state index in [0.717, 1.165) is 30.4 Å². The molecule has 1 aliphatic rings. The number of nitrogens with one attached hydrogen (secondary N) is 2. The van der Waals surface area contributed by atoms with Gasteiger partial charge in [0.15, 0.2) is 0 Å². The van der Waals surface area contributed by atoms with Crippen molar-refractivity contribution in [3.8, 4) is 0 Å². The van der Waals surface area contributed by atoms with Crippen LogP contribution >= 0.6 is 0 Å². The second kappa shape index (κ2) is 5.68. The molecule has 1 unspecified atom stereocenters. The topological polar surface area (TPSA) is 44.0 Å². The lowest BCUT2D eigenvalue weighted by Crippen LogP contribution is -2.30. The second-order valence-electron chi connectivity index (χ2n) is 6.25. The van der Waals surface area contributed by atoms with Crippen LogP contribution in [0, 0.1) is 0 Å². The first-order valence-corrected chi connectivity index (χ1v) is 8.05. The predicted molar refractivity (Wildman–Crippen MR) is 91.8 cm³/mol. The van der Waals surface area contributed by atoms with E-state index in [9.17, 15) is 13.2 Å². The molecule has 0 saturated heterocycles. The highest BCUT2D eigenvalue weighted by Gasteiger charge is 2.35. The number of fused-ring (bicyclic) bond motifs is 2. The number of benzene rings is 1. The van der Waals surface area contributed by atoms with Gasteiger partial charge in [0.1, 0.15) is 5.82 Å². The summed E-state index contributed by atoms with van der Waals surface area (Å²) in [6.07, 6.45) is -1.12. The third-order valence-corrected chi connectivity index (χ3v) is 4.69. The third-order valence-electron chi connectivity index (χ3n) is 4.69. The van der Waals surface area contributed by atoms with E-state index in [1.165, 1.54) is 6.20 Å². The van der Waals surface area contributed by atoms with Gasteiger partial charge in [0.2, 0.25) is 0 Å². The molecule has 130 valence electrons. The van der Waals surface area contributed by atoms with Crippen LogP contribution in [0.15, 0.2) is 42.7 Å². The summed E-state index contributed by atoms with van der Waals surface area (Å²) in [4.78, 5) is 9.04. The summed E-state index contributed by atoms with van der Waals surface area (Å²) in [5.41, 5.74) is 1.88. The summed E-state index contributed by atoms with van der Waals surface area (Å²) in [5, 5.41) is 3.33. The smallest absolute Gasteiger partial charge is 0.374 e. The van der Waals surface area contributed by atoms with Gasteiger partial charge in [-0.3, -0.25) is 0 Å². The lowest BCUT2D eigenvalue weighted by molar-refractivity contribution is -0.136. The molecule has 7 heteroatoms. The molecule has 1 aromatic carbocycles. The van der Waals surface area contributed by atoms with Gasteiger partial charge in [-0.05, 0) is 24.1 Å². The highest BCUT2D eigenvalue weighted by Crippen LogP contribution is 2.40. The molecule has 0 bridgehead atoms. The van der Waals surface area contributed by atoms with Gasteiger partial charge < -0.3 is 15.2 Å². The zero-order valence-corrected chi connectivity index (χ0v) is 13.6. The van der Waals surface area contributed by atoms with Crippen molar-refractivity contribution in [2.45, 2.75) is 18.6 Å². The number of anilines is 2. The molecular weight excluding hydrogens is 329 g/mol. The van der Waals surface area contributed by atoms with Gasteiger partial charge in [-0.2, -0.15) is 13.2 Å². The van der Waals surface area contributed by atoms with Crippen molar-refractivity contribution in [3.05, 3.63) is 53.9 Å². The zero-order valence-electron chi connectivity index (χ0n) is 13.6. The average molecular weight is 346 g/mol. The quantitative estimate of drug-likeness (QED) is 0.714. The maximum absolute atomic E-state index is 13.3. The molecule has 0 spiro atoms. The molecule has 0 saturated carbocycles. The van der Waals surface area contributed by atoms with Crippen LogP contribution < -0.4 is 10.2 Å². The number of aromatic amines is 1. The van der Waals surface area contributed by atoms with E-state index in [0.29, 0.717) is 5.52 Å². The van der Waals surface area contributed by atoms with Gasteiger partial charge in [-0.15, -0.1) is 0 Å². The molecule has 0 amide bonds. The minimum absolute atomic E-state index is 0.0820. The molecule has 1 aliphatic heterocycles. The molecule has 0 fully saturated rings. The molecule has 2 N–H and O–H groups in total. The fourth-order valence-corrected chi connectivity index (χ4v) is 3.45. The summed E-state index contributed by atoms with van der Waals surface area (Å²) in [7, 11) is 2.02. The van der Waals surface area contributed by atoms with Gasteiger partial charge in [-0.1, -0.05) is 18.2 Å². The molecule has 4 nitrogen and oxygen atoms in total. The van der Waals surface area contributed by atoms with Gasteiger partial charge in [0.25, 0.3) is 0 Å². The Morgan fingerprint density at radius 3 is 2.84 bits per heavy atom. The Hall–Kier alpha value is -2.70. The fourth-order valence-electron chi connectivity index (χ4n) is 3.45. The lowest BCUT2D eigenvalue weighted by atomic mass is 9.96. The predicted octanol–water partition coefficient (Wildman–Crippen LogP) is 4.57. The summed E-state index contributed by atoms with van der Waals surface area (Å²) >= 11 is 0. The van der Waals surface area contributed by atoms with Crippen molar-refractivity contribution in [3.63, 3.8) is 0 Å². The Balaban J connectivity index is 1.77. The molecule has 4 rings (SSSR count). The maximum atomic E-state index is 13.3. The normalized spacial score (nSPS) is 17.6. The Morgan fingerprint density at radius 1 is 1.24 bits per heavy atom. The SMILES string of the molecule is CN1CCC(Nc2nccc3[nH]cc(C(F)(F)F)c23)c2ccccc21. The van der Waals surface area contributed by atoms with Crippen LogP contribution in [0.5, 0.6) is 0 Å². The molecule has 0 radical (unpaired) electrons. The van der Waals surface area contributed by atoms with Gasteiger partial charge in [0.05, 0.1) is 22.5 Å². The minimum Gasteiger partial charge on any atom is -0.374 e. The van der Waals surface area contributed by atoms with Crippen LogP contribution in [-0.2, 0) is 6.18 Å². The van der Waals surface area contributed by atoms with Crippen LogP contribution in [0.4, 0.5) is 24.7 Å². The van der Waals surface area contributed by atoms with Crippen molar-refractivity contribution in [2.75, 3.05) is 23.8 Å². The lowest BCUT2D eigenvalue weighted by Gasteiger charge is -2.34. The molecule has 25 heavy (non-hydrogen) atoms. The van der Waals surface area contributed by atoms with Gasteiger partial charge in [0, 0.05) is 31.7 Å². The number of hydrogen-bond donors (Lipinski definition) is 2. The second-order valence-corrected chi connectivity index (χ2v) is 6.25. The first-order chi connectivity index (χ1) is 11.9. The fraction of sp³-hybridized carbons (Fsp3) is 0.278. The van der Waals surface area contributed by atoms with Crippen molar-refractivity contribution in [2.24, 2.45) is 0 Å². The number of aromatic nitrogens is 2. The highest BCUT2D eigenvalue weighted by molar-refractivity contribution is 5.93. The maximum Gasteiger partial charge on any atom is 0.418 e. The van der Waals surface area contributed by atoms with Crippen molar-refractivity contribution < 1.29 is 13.2 Å². The van der Waals surface area contributed by atoms with E-state index >= 15 is 0 Å². The summed E-state index contributed by atoms with van der Waals surface area (Å²) in [5.74, 6) is 0.260. The third kappa shape index (κ3) is 2.69. The number of hydrogen-bond acceptors (Lipinski definition) is 3. The standard InChI is InChI=1S/C18H17F3N4/c1-25-9-7-13(11-4-2-3-5-15(11)25)24-17-16-12(18(19,20)21)10-23-14(16)6-8-22-17/h2-6,8,10,13,23H,7,9H2,1H3,(H,22,24). The van der Waals surface area contributed by atoms with E-state index in [-0.39, 0.29) is 17.2 Å². The van der Waals surface area contributed by atoms with E-state index in [4.69, 9.17) is 0 Å². The Kier molecular flexibility index (Phi) is 3.59. The van der Waals surface area contributed by atoms with Crippen LogP contribution in [0.2, 0.25) is 0 Å². The monoisotopic (exact) mass is 346 g/mol. The first kappa shape index (κ1) is 15.8. The Labute approximate surface area is 142 Å². The first-order valence-electron chi connectivity index (χ1n) is 8.05. The number of nitrogens with zero attached hydrogens (tertiary/aromatic N) is 2. The largest absolute Gasteiger partial charge is 0.418 e.